The quantitative estimate of drug-likeness (QED) is 0.230. The van der Waals surface area contributed by atoms with Crippen LogP contribution in [-0.4, -0.2) is 88.5 Å². The van der Waals surface area contributed by atoms with Crippen LogP contribution in [0.4, 0.5) is 36.8 Å². The number of carbonyl (C=O) groups excluding carboxylic acids is 2. The molecule has 2 aromatic carbocycles. The molecular weight excluding hydrogens is 680 g/mol. The predicted octanol–water partition coefficient (Wildman–Crippen LogP) is 5.49. The number of nitrogens with zero attached hydrogens (tertiary/aromatic N) is 4. The summed E-state index contributed by atoms with van der Waals surface area (Å²) in [4.78, 5) is 48.5. The number of anilines is 1. The SMILES string of the molecule is CN1CCC(C2CCN(C(=O)[C@@H](Cc3cc(C(F)(F)F)c(N)c(C(F)(F)F)c3)NC(=O)N3CCC(n4c(=O)[nH]c5ccccc54)CC3)CC2)CC1. The van der Waals surface area contributed by atoms with Crippen LogP contribution in [0.1, 0.15) is 61.3 Å². The molecule has 3 aliphatic heterocycles. The van der Waals surface area contributed by atoms with Crippen molar-refractivity contribution < 1.29 is 35.9 Å². The van der Waals surface area contributed by atoms with Crippen LogP contribution >= 0.6 is 0 Å². The molecule has 10 nitrogen and oxygen atoms in total. The number of imidazole rings is 1. The molecule has 278 valence electrons. The minimum Gasteiger partial charge on any atom is -0.398 e. The minimum absolute atomic E-state index is 0.211. The number of para-hydroxylation sites is 2. The molecule has 16 heteroatoms. The van der Waals surface area contributed by atoms with E-state index < -0.39 is 59.1 Å². The summed E-state index contributed by atoms with van der Waals surface area (Å²) >= 11 is 0. The lowest BCUT2D eigenvalue weighted by molar-refractivity contribution is -0.141. The molecule has 3 fully saturated rings. The third-order valence-corrected chi connectivity index (χ3v) is 10.9. The van der Waals surface area contributed by atoms with Gasteiger partial charge in [0.25, 0.3) is 0 Å². The van der Waals surface area contributed by atoms with Gasteiger partial charge in [0.15, 0.2) is 0 Å². The zero-order valence-corrected chi connectivity index (χ0v) is 28.3. The molecule has 0 unspecified atom stereocenters. The Morgan fingerprint density at radius 2 is 1.37 bits per heavy atom. The Morgan fingerprint density at radius 1 is 0.843 bits per heavy atom. The first kappa shape index (κ1) is 36.6. The second-order valence-corrected chi connectivity index (χ2v) is 14.1. The molecule has 4 N–H and O–H groups in total. The fraction of sp³-hybridized carbons (Fsp3) is 0.571. The summed E-state index contributed by atoms with van der Waals surface area (Å²) < 4.78 is 84.9. The Balaban J connectivity index is 1.20. The number of hydrogen-bond donors (Lipinski definition) is 3. The molecule has 4 heterocycles. The van der Waals surface area contributed by atoms with Crippen LogP contribution in [0, 0.1) is 11.8 Å². The molecule has 3 saturated heterocycles. The number of aromatic nitrogens is 2. The number of H-pyrrole nitrogens is 1. The maximum absolute atomic E-state index is 14.0. The van der Waals surface area contributed by atoms with Crippen molar-refractivity contribution in [1.82, 2.24) is 29.6 Å². The first-order chi connectivity index (χ1) is 24.1. The topological polar surface area (TPSA) is 120 Å². The molecular formula is C35H43F6N7O3. The molecule has 51 heavy (non-hydrogen) atoms. The van der Waals surface area contributed by atoms with Crippen molar-refractivity contribution in [2.75, 3.05) is 52.0 Å². The van der Waals surface area contributed by atoms with Crippen molar-refractivity contribution in [3.8, 4) is 0 Å². The number of alkyl halides is 6. The molecule has 1 aromatic heterocycles. The van der Waals surface area contributed by atoms with Gasteiger partial charge in [0.05, 0.1) is 27.8 Å². The highest BCUT2D eigenvalue weighted by molar-refractivity contribution is 5.87. The number of carbonyl (C=O) groups is 2. The molecule has 1 atom stereocenters. The van der Waals surface area contributed by atoms with Crippen LogP contribution < -0.4 is 16.7 Å². The van der Waals surface area contributed by atoms with E-state index in [-0.39, 0.29) is 24.8 Å². The number of rotatable bonds is 6. The largest absolute Gasteiger partial charge is 0.418 e. The van der Waals surface area contributed by atoms with Crippen LogP contribution in [0.15, 0.2) is 41.2 Å². The molecule has 6 rings (SSSR count). The number of likely N-dealkylation sites (tertiary alicyclic amines) is 3. The van der Waals surface area contributed by atoms with E-state index in [1.54, 1.807) is 15.5 Å². The van der Waals surface area contributed by atoms with Gasteiger partial charge in [-0.2, -0.15) is 26.3 Å². The Labute approximate surface area is 290 Å². The van der Waals surface area contributed by atoms with E-state index in [0.29, 0.717) is 55.4 Å². The molecule has 0 bridgehead atoms. The zero-order valence-electron chi connectivity index (χ0n) is 28.3. The van der Waals surface area contributed by atoms with E-state index in [2.05, 4.69) is 22.2 Å². The first-order valence-corrected chi connectivity index (χ1v) is 17.4. The lowest BCUT2D eigenvalue weighted by atomic mass is 9.79. The summed E-state index contributed by atoms with van der Waals surface area (Å²) in [6.07, 6.45) is -6.59. The average Bonchev–Trinajstić information content (AvgIpc) is 3.43. The van der Waals surface area contributed by atoms with Gasteiger partial charge in [-0.25, -0.2) is 9.59 Å². The fourth-order valence-electron chi connectivity index (χ4n) is 8.05. The first-order valence-electron chi connectivity index (χ1n) is 17.4. The third-order valence-electron chi connectivity index (χ3n) is 10.9. The number of nitrogens with two attached hydrogens (primary N) is 1. The Kier molecular flexibility index (Phi) is 10.3. The third kappa shape index (κ3) is 8.00. The summed E-state index contributed by atoms with van der Waals surface area (Å²) in [6, 6.07) is 5.98. The van der Waals surface area contributed by atoms with Crippen LogP contribution in [0.3, 0.4) is 0 Å². The number of nitrogens with one attached hydrogen (secondary N) is 2. The fourth-order valence-corrected chi connectivity index (χ4v) is 8.05. The highest BCUT2D eigenvalue weighted by Gasteiger charge is 2.42. The van der Waals surface area contributed by atoms with E-state index in [9.17, 15) is 40.7 Å². The second kappa shape index (κ2) is 14.4. The molecule has 0 spiro atoms. The summed E-state index contributed by atoms with van der Waals surface area (Å²) in [5.74, 6) is 0.361. The van der Waals surface area contributed by atoms with Gasteiger partial charge >= 0.3 is 24.1 Å². The monoisotopic (exact) mass is 723 g/mol. The Morgan fingerprint density at radius 3 is 1.94 bits per heavy atom. The van der Waals surface area contributed by atoms with E-state index >= 15 is 0 Å². The van der Waals surface area contributed by atoms with Gasteiger partial charge < -0.3 is 30.7 Å². The number of nitrogen functional groups attached to an aromatic ring is 1. The highest BCUT2D eigenvalue weighted by atomic mass is 19.4. The van der Waals surface area contributed by atoms with Crippen molar-refractivity contribution >= 4 is 28.7 Å². The highest BCUT2D eigenvalue weighted by Crippen LogP contribution is 2.42. The number of benzene rings is 2. The standard InChI is InChI=1S/C35H43F6N7O3/c1-45-12-6-22(7-13-45)23-8-14-46(15-9-23)31(49)28(20-21-18-25(34(36,37)38)30(42)26(19-21)35(39,40)41)44-32(50)47-16-10-24(11-17-47)48-29-5-3-2-4-27(29)43-33(48)51/h2-5,18-19,22-24,28H,6-17,20,42H2,1H3,(H,43,51)(H,44,50)/t28-/m1/s1. The van der Waals surface area contributed by atoms with Crippen LogP contribution in [0.5, 0.6) is 0 Å². The van der Waals surface area contributed by atoms with Gasteiger partial charge in [-0.3, -0.25) is 9.36 Å². The summed E-state index contributed by atoms with van der Waals surface area (Å²) in [7, 11) is 2.08. The number of urea groups is 1. The van der Waals surface area contributed by atoms with Gasteiger partial charge in [0.2, 0.25) is 5.91 Å². The van der Waals surface area contributed by atoms with Gasteiger partial charge in [0, 0.05) is 38.6 Å². The Hall–Kier alpha value is -4.21. The van der Waals surface area contributed by atoms with Crippen LogP contribution in [-0.2, 0) is 23.6 Å². The lowest BCUT2D eigenvalue weighted by Gasteiger charge is -2.40. The number of piperidine rings is 3. The van der Waals surface area contributed by atoms with Crippen LogP contribution in [0.2, 0.25) is 0 Å². The number of hydrogen-bond acceptors (Lipinski definition) is 5. The molecule has 0 aliphatic carbocycles. The van der Waals surface area contributed by atoms with E-state index in [1.165, 1.54) is 4.90 Å². The molecule has 3 aromatic rings. The summed E-state index contributed by atoms with van der Waals surface area (Å²) in [5, 5.41) is 2.66. The van der Waals surface area contributed by atoms with Crippen molar-refractivity contribution in [2.45, 2.75) is 69.4 Å². The van der Waals surface area contributed by atoms with E-state index in [0.717, 1.165) is 44.3 Å². The van der Waals surface area contributed by atoms with Crippen molar-refractivity contribution in [1.29, 1.82) is 0 Å². The molecule has 3 aliphatic rings. The van der Waals surface area contributed by atoms with E-state index in [4.69, 9.17) is 5.73 Å². The summed E-state index contributed by atoms with van der Waals surface area (Å²) in [5.41, 5.74) is 1.32. The smallest absolute Gasteiger partial charge is 0.398 e. The molecule has 3 amide bonds. The van der Waals surface area contributed by atoms with Gasteiger partial charge in [-0.1, -0.05) is 12.1 Å². The maximum Gasteiger partial charge on any atom is 0.418 e. The average molecular weight is 724 g/mol. The van der Waals surface area contributed by atoms with E-state index in [1.807, 2.05) is 18.2 Å². The lowest BCUT2D eigenvalue weighted by Crippen LogP contribution is -2.55. The van der Waals surface area contributed by atoms with Crippen molar-refractivity contribution in [3.05, 3.63) is 63.6 Å². The Bertz CT molecular complexity index is 1750. The normalized spacial score (nSPS) is 19.8. The van der Waals surface area contributed by atoms with Crippen molar-refractivity contribution in [3.63, 3.8) is 0 Å². The zero-order chi connectivity index (χ0) is 36.7. The number of amides is 3. The molecule has 0 radical (unpaired) electrons. The second-order valence-electron chi connectivity index (χ2n) is 14.1. The minimum atomic E-state index is -5.18. The molecule has 0 saturated carbocycles. The predicted molar refractivity (Wildman–Crippen MR) is 179 cm³/mol. The van der Waals surface area contributed by atoms with Crippen molar-refractivity contribution in [2.24, 2.45) is 11.8 Å². The number of halogens is 6. The maximum atomic E-state index is 14.0. The van der Waals surface area contributed by atoms with Crippen LogP contribution in [0.25, 0.3) is 11.0 Å². The van der Waals surface area contributed by atoms with Gasteiger partial charge in [-0.05, 0) is 100 Å². The number of aromatic amines is 1. The van der Waals surface area contributed by atoms with Gasteiger partial charge in [-0.15, -0.1) is 0 Å². The van der Waals surface area contributed by atoms with Gasteiger partial charge in [0.1, 0.15) is 6.04 Å². The number of fused-ring (bicyclic) bond motifs is 1. The summed E-state index contributed by atoms with van der Waals surface area (Å²) in [6.45, 7) is 3.16.